The molecule has 0 saturated carbocycles. The van der Waals surface area contributed by atoms with E-state index in [0.29, 0.717) is 22.4 Å². The molecule has 0 atom stereocenters. The number of primary amides is 1. The van der Waals surface area contributed by atoms with Gasteiger partial charge in [-0.2, -0.15) is 0 Å². The third-order valence-corrected chi connectivity index (χ3v) is 6.07. The summed E-state index contributed by atoms with van der Waals surface area (Å²) in [6, 6.07) is 24.6. The number of rotatable bonds is 5. The van der Waals surface area contributed by atoms with Crippen molar-refractivity contribution in [2.45, 2.75) is 6.92 Å². The number of aromatic nitrogens is 1. The van der Waals surface area contributed by atoms with E-state index in [-0.39, 0.29) is 5.91 Å². The maximum atomic E-state index is 13.0. The number of fused-ring (bicyclic) bond motifs is 2. The number of hydrogen-bond donors (Lipinski definition) is 2. The molecule has 0 fully saturated rings. The molecule has 0 radical (unpaired) electrons. The van der Waals surface area contributed by atoms with Crippen LogP contribution in [0.1, 0.15) is 26.3 Å². The van der Waals surface area contributed by atoms with E-state index >= 15 is 0 Å². The Bertz CT molecular complexity index is 1610. The molecule has 0 aliphatic carbocycles. The lowest BCUT2D eigenvalue weighted by Crippen LogP contribution is -2.12. The minimum absolute atomic E-state index is 0.167. The fourth-order valence-corrected chi connectivity index (χ4v) is 4.27. The molecule has 1 heterocycles. The molecule has 0 spiro atoms. The molecule has 4 aromatic carbocycles. The number of methoxy groups -OCH3 is 1. The Morgan fingerprint density at radius 2 is 1.69 bits per heavy atom. The summed E-state index contributed by atoms with van der Waals surface area (Å²) in [5.74, 6) is -0.349. The number of carbonyl (C=O) groups is 2. The number of pyridine rings is 1. The third kappa shape index (κ3) is 4.17. The van der Waals surface area contributed by atoms with Gasteiger partial charge in [-0.05, 0) is 65.2 Å². The van der Waals surface area contributed by atoms with Gasteiger partial charge in [0.15, 0.2) is 0 Å². The van der Waals surface area contributed by atoms with Crippen LogP contribution in [-0.4, -0.2) is 23.9 Å². The SMILES string of the molecule is COc1cc2nccc(-c3ccc4c(C(=O)Nc5ccc(C)cc5)cccc4c3)c2cc1C(N)=O. The number of nitrogens with zero attached hydrogens (tertiary/aromatic N) is 1. The highest BCUT2D eigenvalue weighted by molar-refractivity contribution is 6.13. The van der Waals surface area contributed by atoms with Crippen LogP contribution in [0.2, 0.25) is 0 Å². The molecule has 0 saturated heterocycles. The fourth-order valence-electron chi connectivity index (χ4n) is 4.27. The standard InChI is InChI=1S/C29H23N3O3/c1-17-6-9-20(10-7-17)32-29(34)23-5-3-4-18-14-19(8-11-21(18)23)22-12-13-31-26-16-27(35-2)25(28(30)33)15-24(22)26/h3-16H,1-2H3,(H2,30,33)(H,32,34). The molecule has 5 aromatic rings. The van der Waals surface area contributed by atoms with E-state index in [1.165, 1.54) is 7.11 Å². The molecule has 0 aliphatic heterocycles. The van der Waals surface area contributed by atoms with E-state index in [2.05, 4.69) is 10.3 Å². The highest BCUT2D eigenvalue weighted by Gasteiger charge is 2.15. The van der Waals surface area contributed by atoms with Crippen LogP contribution in [0.4, 0.5) is 5.69 Å². The number of amides is 2. The summed E-state index contributed by atoms with van der Waals surface area (Å²) in [6.07, 6.45) is 1.72. The van der Waals surface area contributed by atoms with E-state index in [1.54, 1.807) is 18.3 Å². The van der Waals surface area contributed by atoms with Crippen molar-refractivity contribution >= 4 is 39.2 Å². The van der Waals surface area contributed by atoms with E-state index in [0.717, 1.165) is 38.5 Å². The Hall–Kier alpha value is -4.71. The Balaban J connectivity index is 1.58. The second-order valence-corrected chi connectivity index (χ2v) is 8.35. The number of aryl methyl sites for hydroxylation is 1. The van der Waals surface area contributed by atoms with Crippen LogP contribution >= 0.6 is 0 Å². The van der Waals surface area contributed by atoms with Gasteiger partial charge in [-0.15, -0.1) is 0 Å². The highest BCUT2D eigenvalue weighted by atomic mass is 16.5. The molecule has 1 aromatic heterocycles. The maximum Gasteiger partial charge on any atom is 0.256 e. The van der Waals surface area contributed by atoms with Gasteiger partial charge in [-0.1, -0.05) is 42.0 Å². The topological polar surface area (TPSA) is 94.3 Å². The molecular formula is C29H23N3O3. The highest BCUT2D eigenvalue weighted by Crippen LogP contribution is 2.34. The Morgan fingerprint density at radius 3 is 2.43 bits per heavy atom. The van der Waals surface area contributed by atoms with E-state index in [1.807, 2.05) is 73.7 Å². The molecule has 172 valence electrons. The quantitative estimate of drug-likeness (QED) is 0.350. The summed E-state index contributed by atoms with van der Waals surface area (Å²) >= 11 is 0. The van der Waals surface area contributed by atoms with Gasteiger partial charge in [0.1, 0.15) is 5.75 Å². The summed E-state index contributed by atoms with van der Waals surface area (Å²) in [6.45, 7) is 2.01. The minimum atomic E-state index is -0.568. The molecule has 0 unspecified atom stereocenters. The van der Waals surface area contributed by atoms with Crippen LogP contribution in [0, 0.1) is 6.92 Å². The van der Waals surface area contributed by atoms with Gasteiger partial charge >= 0.3 is 0 Å². The first kappa shape index (κ1) is 22.1. The number of anilines is 1. The molecule has 6 nitrogen and oxygen atoms in total. The van der Waals surface area contributed by atoms with Crippen LogP contribution in [0.25, 0.3) is 32.8 Å². The zero-order valence-electron chi connectivity index (χ0n) is 19.3. The number of nitrogens with two attached hydrogens (primary N) is 1. The predicted molar refractivity (Wildman–Crippen MR) is 139 cm³/mol. The largest absolute Gasteiger partial charge is 0.496 e. The van der Waals surface area contributed by atoms with Crippen molar-refractivity contribution in [3.05, 3.63) is 102 Å². The molecule has 5 rings (SSSR count). The summed E-state index contributed by atoms with van der Waals surface area (Å²) in [4.78, 5) is 29.4. The van der Waals surface area contributed by atoms with Gasteiger partial charge < -0.3 is 15.8 Å². The van der Waals surface area contributed by atoms with Crippen molar-refractivity contribution < 1.29 is 14.3 Å². The monoisotopic (exact) mass is 461 g/mol. The lowest BCUT2D eigenvalue weighted by Gasteiger charge is -2.13. The van der Waals surface area contributed by atoms with Gasteiger partial charge in [0.25, 0.3) is 11.8 Å². The average molecular weight is 462 g/mol. The van der Waals surface area contributed by atoms with Crippen LogP contribution in [-0.2, 0) is 0 Å². The minimum Gasteiger partial charge on any atom is -0.496 e. The maximum absolute atomic E-state index is 13.0. The number of benzene rings is 4. The van der Waals surface area contributed by atoms with Gasteiger partial charge in [-0.3, -0.25) is 14.6 Å². The van der Waals surface area contributed by atoms with Crippen molar-refractivity contribution in [3.63, 3.8) is 0 Å². The summed E-state index contributed by atoms with van der Waals surface area (Å²) in [7, 11) is 1.49. The molecule has 2 amide bonds. The van der Waals surface area contributed by atoms with E-state index < -0.39 is 5.91 Å². The van der Waals surface area contributed by atoms with E-state index in [9.17, 15) is 9.59 Å². The van der Waals surface area contributed by atoms with Crippen molar-refractivity contribution in [2.24, 2.45) is 5.73 Å². The van der Waals surface area contributed by atoms with Gasteiger partial charge in [0.2, 0.25) is 0 Å². The lowest BCUT2D eigenvalue weighted by atomic mass is 9.95. The average Bonchev–Trinajstić information content (AvgIpc) is 2.88. The van der Waals surface area contributed by atoms with Crippen LogP contribution in [0.3, 0.4) is 0 Å². The smallest absolute Gasteiger partial charge is 0.256 e. The first-order valence-electron chi connectivity index (χ1n) is 11.1. The van der Waals surface area contributed by atoms with Crippen LogP contribution in [0.15, 0.2) is 85.1 Å². The first-order chi connectivity index (χ1) is 16.9. The Morgan fingerprint density at radius 1 is 0.886 bits per heavy atom. The number of hydrogen-bond acceptors (Lipinski definition) is 4. The molecular weight excluding hydrogens is 438 g/mol. The van der Waals surface area contributed by atoms with Crippen molar-refractivity contribution in [1.82, 2.24) is 4.98 Å². The number of nitrogens with one attached hydrogen (secondary N) is 1. The predicted octanol–water partition coefficient (Wildman–Crippen LogP) is 5.72. The first-order valence-corrected chi connectivity index (χ1v) is 11.1. The molecule has 35 heavy (non-hydrogen) atoms. The number of ether oxygens (including phenoxy) is 1. The molecule has 6 heteroatoms. The second kappa shape index (κ2) is 8.91. The van der Waals surface area contributed by atoms with Crippen LogP contribution < -0.4 is 15.8 Å². The van der Waals surface area contributed by atoms with Gasteiger partial charge in [0, 0.05) is 28.9 Å². The summed E-state index contributed by atoms with van der Waals surface area (Å²) < 4.78 is 5.32. The van der Waals surface area contributed by atoms with Gasteiger partial charge in [0.05, 0.1) is 18.2 Å². The third-order valence-electron chi connectivity index (χ3n) is 6.07. The molecule has 3 N–H and O–H groups in total. The zero-order valence-corrected chi connectivity index (χ0v) is 19.3. The van der Waals surface area contributed by atoms with Crippen molar-refractivity contribution in [1.29, 1.82) is 0 Å². The zero-order chi connectivity index (χ0) is 24.5. The van der Waals surface area contributed by atoms with Crippen molar-refractivity contribution in [3.8, 4) is 16.9 Å². The normalized spacial score (nSPS) is 10.9. The second-order valence-electron chi connectivity index (χ2n) is 8.35. The number of carbonyl (C=O) groups excluding carboxylic acids is 2. The molecule has 0 bridgehead atoms. The van der Waals surface area contributed by atoms with Crippen molar-refractivity contribution in [2.75, 3.05) is 12.4 Å². The van der Waals surface area contributed by atoms with Gasteiger partial charge in [-0.25, -0.2) is 0 Å². The fraction of sp³-hybridized carbons (Fsp3) is 0.0690. The lowest BCUT2D eigenvalue weighted by molar-refractivity contribution is 0.0995. The van der Waals surface area contributed by atoms with Crippen LogP contribution in [0.5, 0.6) is 5.75 Å². The summed E-state index contributed by atoms with van der Waals surface area (Å²) in [5.41, 5.74) is 10.9. The Labute approximate surface area is 202 Å². The Kier molecular flexibility index (Phi) is 5.63. The van der Waals surface area contributed by atoms with E-state index in [4.69, 9.17) is 10.5 Å². The molecule has 0 aliphatic rings. The summed E-state index contributed by atoms with van der Waals surface area (Å²) in [5, 5.41) is 5.53.